The number of hydrogen-bond donors (Lipinski definition) is 1. The highest BCUT2D eigenvalue weighted by molar-refractivity contribution is 7.14. The van der Waals surface area contributed by atoms with Crippen LogP contribution in [0.2, 0.25) is 5.15 Å². The van der Waals surface area contributed by atoms with Crippen molar-refractivity contribution < 1.29 is 0 Å². The number of hydrogen-bond acceptors (Lipinski definition) is 5. The van der Waals surface area contributed by atoms with Crippen LogP contribution in [0.5, 0.6) is 0 Å². The number of nitrogens with zero attached hydrogens (tertiary/aromatic N) is 3. The van der Waals surface area contributed by atoms with Gasteiger partial charge in [-0.25, -0.2) is 9.97 Å². The van der Waals surface area contributed by atoms with Crippen LogP contribution in [0.1, 0.15) is 37.4 Å². The zero-order valence-electron chi connectivity index (χ0n) is 12.3. The second kappa shape index (κ2) is 6.05. The Labute approximate surface area is 139 Å². The number of thiophene rings is 1. The average molecular weight is 335 g/mol. The van der Waals surface area contributed by atoms with Crippen LogP contribution >= 0.6 is 22.9 Å². The maximum Gasteiger partial charge on any atom is 0.135 e. The molecule has 4 nitrogen and oxygen atoms in total. The summed E-state index contributed by atoms with van der Waals surface area (Å²) >= 11 is 7.95. The van der Waals surface area contributed by atoms with Gasteiger partial charge < -0.3 is 10.2 Å². The Morgan fingerprint density at radius 3 is 2.68 bits per heavy atom. The molecule has 1 N–H and O–H groups in total. The first-order valence-corrected chi connectivity index (χ1v) is 9.13. The van der Waals surface area contributed by atoms with E-state index in [0.29, 0.717) is 17.1 Å². The number of halogens is 1. The molecule has 0 spiro atoms. The van der Waals surface area contributed by atoms with Crippen molar-refractivity contribution in [1.29, 1.82) is 0 Å². The van der Waals surface area contributed by atoms with Gasteiger partial charge in [-0.1, -0.05) is 11.6 Å². The van der Waals surface area contributed by atoms with Gasteiger partial charge in [0, 0.05) is 31.1 Å². The van der Waals surface area contributed by atoms with Gasteiger partial charge in [0.1, 0.15) is 16.8 Å². The summed E-state index contributed by atoms with van der Waals surface area (Å²) in [5, 5.41) is 7.62. The predicted octanol–water partition coefficient (Wildman–Crippen LogP) is 4.15. The Bertz CT molecular complexity index is 634. The molecule has 1 saturated carbocycles. The summed E-state index contributed by atoms with van der Waals surface area (Å²) in [6, 6.07) is 6.63. The monoisotopic (exact) mass is 334 g/mol. The summed E-state index contributed by atoms with van der Waals surface area (Å²) in [6.07, 6.45) is 4.63. The van der Waals surface area contributed by atoms with Crippen LogP contribution < -0.4 is 10.2 Å². The summed E-state index contributed by atoms with van der Waals surface area (Å²) in [7, 11) is 0. The normalized spacial score (nSPS) is 19.4. The lowest BCUT2D eigenvalue weighted by Gasteiger charge is -2.33. The van der Waals surface area contributed by atoms with Crippen LogP contribution in [0, 0.1) is 0 Å². The molecule has 0 aromatic carbocycles. The Kier molecular flexibility index (Phi) is 3.92. The van der Waals surface area contributed by atoms with Crippen LogP contribution in [-0.2, 0) is 0 Å². The fourth-order valence-corrected chi connectivity index (χ4v) is 3.91. The smallest absolute Gasteiger partial charge is 0.135 e. The third kappa shape index (κ3) is 3.20. The van der Waals surface area contributed by atoms with Crippen molar-refractivity contribution in [2.45, 2.75) is 37.6 Å². The molecule has 2 fully saturated rings. The molecule has 2 aromatic rings. The summed E-state index contributed by atoms with van der Waals surface area (Å²) in [6.45, 7) is 2.18. The van der Waals surface area contributed by atoms with E-state index >= 15 is 0 Å². The summed E-state index contributed by atoms with van der Waals surface area (Å²) < 4.78 is 0. The molecule has 2 aromatic heterocycles. The molecule has 116 valence electrons. The van der Waals surface area contributed by atoms with Gasteiger partial charge in [-0.3, -0.25) is 0 Å². The highest BCUT2D eigenvalue weighted by Gasteiger charge is 2.27. The molecule has 0 radical (unpaired) electrons. The largest absolute Gasteiger partial charge is 0.367 e. The van der Waals surface area contributed by atoms with E-state index in [2.05, 4.69) is 37.7 Å². The van der Waals surface area contributed by atoms with E-state index in [9.17, 15) is 0 Å². The van der Waals surface area contributed by atoms with Gasteiger partial charge >= 0.3 is 0 Å². The van der Waals surface area contributed by atoms with Crippen molar-refractivity contribution in [3.05, 3.63) is 34.6 Å². The van der Waals surface area contributed by atoms with Gasteiger partial charge in [0.05, 0.1) is 5.00 Å². The lowest BCUT2D eigenvalue weighted by molar-refractivity contribution is 0.527. The summed E-state index contributed by atoms with van der Waals surface area (Å²) in [5.41, 5.74) is 0. The molecule has 2 aliphatic rings. The maximum absolute atomic E-state index is 6.13. The minimum Gasteiger partial charge on any atom is -0.367 e. The second-order valence-corrected chi connectivity index (χ2v) is 7.38. The summed E-state index contributed by atoms with van der Waals surface area (Å²) in [5.74, 6) is 2.32. The lowest BCUT2D eigenvalue weighted by atomic mass is 10.1. The van der Waals surface area contributed by atoms with Crippen molar-refractivity contribution in [3.8, 4) is 0 Å². The van der Waals surface area contributed by atoms with Crippen molar-refractivity contribution in [2.24, 2.45) is 0 Å². The van der Waals surface area contributed by atoms with Crippen molar-refractivity contribution >= 4 is 33.8 Å². The number of nitrogens with one attached hydrogen (secondary N) is 1. The van der Waals surface area contributed by atoms with E-state index in [0.717, 1.165) is 37.6 Å². The Hall–Kier alpha value is -1.33. The third-order valence-corrected chi connectivity index (χ3v) is 5.44. The van der Waals surface area contributed by atoms with E-state index in [4.69, 9.17) is 11.6 Å². The number of rotatable bonds is 4. The average Bonchev–Trinajstić information content (AvgIpc) is 3.23. The van der Waals surface area contributed by atoms with E-state index in [1.807, 2.05) is 17.4 Å². The number of aromatic nitrogens is 2. The molecule has 0 amide bonds. The lowest BCUT2D eigenvalue weighted by Crippen LogP contribution is -2.38. The van der Waals surface area contributed by atoms with Gasteiger partial charge in [0.2, 0.25) is 0 Å². The summed E-state index contributed by atoms with van der Waals surface area (Å²) in [4.78, 5) is 11.4. The first-order chi connectivity index (χ1) is 10.8. The van der Waals surface area contributed by atoms with Gasteiger partial charge in [-0.15, -0.1) is 11.3 Å². The Balaban J connectivity index is 1.38. The highest BCUT2D eigenvalue weighted by atomic mass is 35.5. The van der Waals surface area contributed by atoms with E-state index < -0.39 is 0 Å². The van der Waals surface area contributed by atoms with E-state index in [-0.39, 0.29) is 0 Å². The molecule has 1 aliphatic heterocycles. The third-order valence-electron chi connectivity index (χ3n) is 4.32. The molecule has 6 heteroatoms. The zero-order chi connectivity index (χ0) is 14.9. The Morgan fingerprint density at radius 2 is 2.00 bits per heavy atom. The topological polar surface area (TPSA) is 41.0 Å². The Morgan fingerprint density at radius 1 is 1.18 bits per heavy atom. The first kappa shape index (κ1) is 14.3. The molecule has 0 bridgehead atoms. The molecular formula is C16H19ClN4S. The fourth-order valence-electron chi connectivity index (χ4n) is 2.94. The van der Waals surface area contributed by atoms with Crippen LogP contribution in [0.15, 0.2) is 23.6 Å². The number of anilines is 2. The van der Waals surface area contributed by atoms with Crippen LogP contribution in [0.3, 0.4) is 0 Å². The van der Waals surface area contributed by atoms with E-state index in [1.165, 1.54) is 17.8 Å². The maximum atomic E-state index is 6.13. The van der Waals surface area contributed by atoms with Gasteiger partial charge in [0.25, 0.3) is 0 Å². The SMILES string of the molecule is Clc1cc(NC2CCN(c3cccs3)CC2)nc(C2CC2)n1. The minimum absolute atomic E-state index is 0.467. The molecule has 4 rings (SSSR count). The molecule has 1 saturated heterocycles. The molecule has 0 unspecified atom stereocenters. The molecular weight excluding hydrogens is 316 g/mol. The minimum atomic E-state index is 0.467. The van der Waals surface area contributed by atoms with Gasteiger partial charge in [-0.2, -0.15) is 0 Å². The van der Waals surface area contributed by atoms with Crippen molar-refractivity contribution in [3.63, 3.8) is 0 Å². The molecule has 22 heavy (non-hydrogen) atoms. The van der Waals surface area contributed by atoms with Crippen molar-refractivity contribution in [2.75, 3.05) is 23.3 Å². The van der Waals surface area contributed by atoms with Gasteiger partial charge in [-0.05, 0) is 43.2 Å². The van der Waals surface area contributed by atoms with Crippen molar-refractivity contribution in [1.82, 2.24) is 9.97 Å². The fraction of sp³-hybridized carbons (Fsp3) is 0.500. The second-order valence-electron chi connectivity index (χ2n) is 6.07. The quantitative estimate of drug-likeness (QED) is 0.853. The van der Waals surface area contributed by atoms with Crippen LogP contribution in [0.25, 0.3) is 0 Å². The standard InChI is InChI=1S/C16H19ClN4S/c17-13-10-14(20-16(19-13)11-3-4-11)18-12-5-7-21(8-6-12)15-2-1-9-22-15/h1-2,9-12H,3-8H2,(H,18,19,20). The molecule has 3 heterocycles. The van der Waals surface area contributed by atoms with Crippen LogP contribution in [-0.4, -0.2) is 29.1 Å². The van der Waals surface area contributed by atoms with Gasteiger partial charge in [0.15, 0.2) is 0 Å². The molecule has 0 atom stereocenters. The predicted molar refractivity (Wildman–Crippen MR) is 92.2 cm³/mol. The molecule has 1 aliphatic carbocycles. The van der Waals surface area contributed by atoms with E-state index in [1.54, 1.807) is 0 Å². The van der Waals surface area contributed by atoms with Crippen LogP contribution in [0.4, 0.5) is 10.8 Å². The highest BCUT2D eigenvalue weighted by Crippen LogP contribution is 2.39. The number of piperidine rings is 1. The zero-order valence-corrected chi connectivity index (χ0v) is 13.9. The first-order valence-electron chi connectivity index (χ1n) is 7.87.